The topological polar surface area (TPSA) is 50.4 Å². The van der Waals surface area contributed by atoms with Crippen LogP contribution in [0.5, 0.6) is 0 Å². The van der Waals surface area contributed by atoms with Gasteiger partial charge in [0.15, 0.2) is 0 Å². The first kappa shape index (κ1) is 14.5. The molecule has 2 unspecified atom stereocenters. The van der Waals surface area contributed by atoms with Crippen molar-refractivity contribution in [1.82, 2.24) is 10.6 Å². The average molecular weight is 242 g/mol. The highest BCUT2D eigenvalue weighted by Crippen LogP contribution is 2.25. The Balaban J connectivity index is 2.48. The van der Waals surface area contributed by atoms with Crippen LogP contribution in [-0.2, 0) is 9.53 Å². The molecule has 1 aliphatic rings. The molecule has 0 spiro atoms. The van der Waals surface area contributed by atoms with E-state index in [9.17, 15) is 4.79 Å². The monoisotopic (exact) mass is 242 g/mol. The average Bonchev–Trinajstić information content (AvgIpc) is 2.76. The van der Waals surface area contributed by atoms with E-state index in [0.29, 0.717) is 13.2 Å². The number of hydrogen-bond donors (Lipinski definition) is 2. The summed E-state index contributed by atoms with van der Waals surface area (Å²) in [7, 11) is 0. The number of nitrogens with one attached hydrogen (secondary N) is 2. The molecule has 0 aromatic rings. The van der Waals surface area contributed by atoms with Crippen LogP contribution in [0, 0.1) is 0 Å². The summed E-state index contributed by atoms with van der Waals surface area (Å²) < 4.78 is 5.32. The van der Waals surface area contributed by atoms with Crippen molar-refractivity contribution in [3.05, 3.63) is 0 Å². The lowest BCUT2D eigenvalue weighted by Crippen LogP contribution is -2.55. The van der Waals surface area contributed by atoms with E-state index >= 15 is 0 Å². The third kappa shape index (κ3) is 3.96. The molecule has 4 nitrogen and oxygen atoms in total. The number of hydrogen-bond acceptors (Lipinski definition) is 3. The van der Waals surface area contributed by atoms with Gasteiger partial charge in [-0.1, -0.05) is 13.3 Å². The molecule has 0 bridgehead atoms. The molecular formula is C13H26N2O2. The van der Waals surface area contributed by atoms with Crippen molar-refractivity contribution in [2.24, 2.45) is 0 Å². The van der Waals surface area contributed by atoms with E-state index in [-0.39, 0.29) is 17.5 Å². The Morgan fingerprint density at radius 2 is 2.29 bits per heavy atom. The summed E-state index contributed by atoms with van der Waals surface area (Å²) in [5.74, 6) is 0.143. The molecule has 1 aliphatic heterocycles. The Bertz CT molecular complexity index is 238. The van der Waals surface area contributed by atoms with Crippen molar-refractivity contribution >= 4 is 5.91 Å². The van der Waals surface area contributed by atoms with Gasteiger partial charge in [0.05, 0.1) is 12.1 Å². The predicted octanol–water partition coefficient (Wildman–Crippen LogP) is 1.45. The summed E-state index contributed by atoms with van der Waals surface area (Å²) in [6.45, 7) is 8.31. The molecule has 1 saturated heterocycles. The van der Waals surface area contributed by atoms with Gasteiger partial charge in [-0.2, -0.15) is 0 Å². The van der Waals surface area contributed by atoms with Crippen molar-refractivity contribution < 1.29 is 9.53 Å². The van der Waals surface area contributed by atoms with Crippen molar-refractivity contribution in [3.63, 3.8) is 0 Å². The fraction of sp³-hybridized carbons (Fsp3) is 0.923. The zero-order valence-corrected chi connectivity index (χ0v) is 11.3. The first-order valence-electron chi connectivity index (χ1n) is 6.78. The fourth-order valence-corrected chi connectivity index (χ4v) is 2.45. The lowest BCUT2D eigenvalue weighted by atomic mass is 9.90. The third-order valence-electron chi connectivity index (χ3n) is 3.30. The SMILES string of the molecule is CCCC1(C(=O)NC(C)COCC)CCCN1. The molecule has 1 amide bonds. The maximum Gasteiger partial charge on any atom is 0.240 e. The molecule has 1 rings (SSSR count). The highest BCUT2D eigenvalue weighted by atomic mass is 16.5. The number of amides is 1. The normalized spacial score (nSPS) is 25.8. The van der Waals surface area contributed by atoms with Gasteiger partial charge in [0, 0.05) is 12.6 Å². The van der Waals surface area contributed by atoms with Crippen LogP contribution in [-0.4, -0.2) is 37.2 Å². The highest BCUT2D eigenvalue weighted by Gasteiger charge is 2.40. The molecule has 0 aliphatic carbocycles. The van der Waals surface area contributed by atoms with Crippen LogP contribution in [0.1, 0.15) is 46.5 Å². The summed E-state index contributed by atoms with van der Waals surface area (Å²) in [6.07, 6.45) is 3.99. The lowest BCUT2D eigenvalue weighted by molar-refractivity contribution is -0.128. The van der Waals surface area contributed by atoms with Gasteiger partial charge in [-0.3, -0.25) is 4.79 Å². The maximum absolute atomic E-state index is 12.3. The smallest absolute Gasteiger partial charge is 0.240 e. The number of carbonyl (C=O) groups excluding carboxylic acids is 1. The van der Waals surface area contributed by atoms with Gasteiger partial charge in [-0.15, -0.1) is 0 Å². The second kappa shape index (κ2) is 6.97. The molecule has 2 atom stereocenters. The standard InChI is InChI=1S/C13H26N2O2/c1-4-7-13(8-6-9-14-13)12(16)15-11(3)10-17-5-2/h11,14H,4-10H2,1-3H3,(H,15,16). The predicted molar refractivity (Wildman–Crippen MR) is 69.0 cm³/mol. The van der Waals surface area contributed by atoms with Crippen LogP contribution >= 0.6 is 0 Å². The number of carbonyl (C=O) groups is 1. The first-order valence-corrected chi connectivity index (χ1v) is 6.78. The summed E-state index contributed by atoms with van der Waals surface area (Å²) in [4.78, 5) is 12.3. The quantitative estimate of drug-likeness (QED) is 0.710. The zero-order valence-electron chi connectivity index (χ0n) is 11.3. The van der Waals surface area contributed by atoms with E-state index in [1.54, 1.807) is 0 Å². The van der Waals surface area contributed by atoms with Crippen molar-refractivity contribution in [2.75, 3.05) is 19.8 Å². The van der Waals surface area contributed by atoms with E-state index in [2.05, 4.69) is 17.6 Å². The summed E-state index contributed by atoms with van der Waals surface area (Å²) in [6, 6.07) is 0.0820. The first-order chi connectivity index (χ1) is 8.14. The zero-order chi connectivity index (χ0) is 12.7. The minimum Gasteiger partial charge on any atom is -0.380 e. The van der Waals surface area contributed by atoms with Crippen molar-refractivity contribution in [1.29, 1.82) is 0 Å². The molecule has 0 saturated carbocycles. The maximum atomic E-state index is 12.3. The van der Waals surface area contributed by atoms with Crippen molar-refractivity contribution in [2.45, 2.75) is 58.0 Å². The molecule has 17 heavy (non-hydrogen) atoms. The van der Waals surface area contributed by atoms with Gasteiger partial charge in [0.25, 0.3) is 0 Å². The molecule has 4 heteroatoms. The molecule has 0 aromatic carbocycles. The molecule has 0 aromatic heterocycles. The molecule has 0 radical (unpaired) electrons. The van der Waals surface area contributed by atoms with Crippen LogP contribution in [0.2, 0.25) is 0 Å². The number of rotatable bonds is 7. The minimum absolute atomic E-state index is 0.0820. The Morgan fingerprint density at radius 3 is 2.82 bits per heavy atom. The van der Waals surface area contributed by atoms with Crippen molar-refractivity contribution in [3.8, 4) is 0 Å². The summed E-state index contributed by atoms with van der Waals surface area (Å²) >= 11 is 0. The van der Waals surface area contributed by atoms with Crippen LogP contribution in [0.25, 0.3) is 0 Å². The third-order valence-corrected chi connectivity index (χ3v) is 3.30. The van der Waals surface area contributed by atoms with E-state index in [1.165, 1.54) is 0 Å². The van der Waals surface area contributed by atoms with Gasteiger partial charge in [-0.25, -0.2) is 0 Å². The van der Waals surface area contributed by atoms with Gasteiger partial charge < -0.3 is 15.4 Å². The van der Waals surface area contributed by atoms with Gasteiger partial charge in [-0.05, 0) is 39.7 Å². The summed E-state index contributed by atoms with van der Waals surface area (Å²) in [5, 5.41) is 6.44. The molecule has 2 N–H and O–H groups in total. The Morgan fingerprint density at radius 1 is 1.53 bits per heavy atom. The molecule has 100 valence electrons. The molecule has 1 heterocycles. The van der Waals surface area contributed by atoms with Crippen LogP contribution in [0.3, 0.4) is 0 Å². The van der Waals surface area contributed by atoms with Gasteiger partial charge >= 0.3 is 0 Å². The van der Waals surface area contributed by atoms with E-state index < -0.39 is 0 Å². The molecule has 1 fully saturated rings. The fourth-order valence-electron chi connectivity index (χ4n) is 2.45. The van der Waals surface area contributed by atoms with Crippen LogP contribution in [0.4, 0.5) is 0 Å². The molecular weight excluding hydrogens is 216 g/mol. The largest absolute Gasteiger partial charge is 0.380 e. The Labute approximate surface area is 104 Å². The van der Waals surface area contributed by atoms with E-state index in [4.69, 9.17) is 4.74 Å². The lowest BCUT2D eigenvalue weighted by Gasteiger charge is -2.29. The second-order valence-corrected chi connectivity index (χ2v) is 4.90. The van der Waals surface area contributed by atoms with Gasteiger partial charge in [0.2, 0.25) is 5.91 Å². The Hall–Kier alpha value is -0.610. The highest BCUT2D eigenvalue weighted by molar-refractivity contribution is 5.86. The summed E-state index contributed by atoms with van der Waals surface area (Å²) in [5.41, 5.74) is -0.324. The second-order valence-electron chi connectivity index (χ2n) is 4.90. The van der Waals surface area contributed by atoms with E-state index in [0.717, 1.165) is 32.2 Å². The number of ether oxygens (including phenoxy) is 1. The van der Waals surface area contributed by atoms with Crippen LogP contribution < -0.4 is 10.6 Å². The Kier molecular flexibility index (Phi) is 5.92. The van der Waals surface area contributed by atoms with Crippen LogP contribution in [0.15, 0.2) is 0 Å². The van der Waals surface area contributed by atoms with E-state index in [1.807, 2.05) is 13.8 Å². The van der Waals surface area contributed by atoms with Gasteiger partial charge in [0.1, 0.15) is 0 Å². The minimum atomic E-state index is -0.324.